The van der Waals surface area contributed by atoms with Gasteiger partial charge in [-0.3, -0.25) is 37.3 Å². The monoisotopic (exact) mass is 1550 g/mol. The number of aliphatic hydroxyl groups is 1. The number of ether oxygens (including phenoxy) is 4. The molecule has 0 spiro atoms. The van der Waals surface area contributed by atoms with Crippen LogP contribution in [0.15, 0.2) is 170 Å². The van der Waals surface area contributed by atoms with E-state index in [1.165, 1.54) is 103 Å². The lowest BCUT2D eigenvalue weighted by Gasteiger charge is -2.21. The fourth-order valence-corrected chi connectivity index (χ4v) is 12.0. The highest BCUT2D eigenvalue weighted by atomic mass is 31.2. The van der Waals surface area contributed by atoms with Gasteiger partial charge in [-0.15, -0.1) is 0 Å². The summed E-state index contributed by atoms with van der Waals surface area (Å²) in [7, 11) is -10.0. The summed E-state index contributed by atoms with van der Waals surface area (Å²) in [6.07, 6.45) is 95.0. The molecule has 0 aromatic rings. The highest BCUT2D eigenvalue weighted by Crippen LogP contribution is 2.45. The molecule has 108 heavy (non-hydrogen) atoms. The Morgan fingerprint density at radius 3 is 0.824 bits per heavy atom. The van der Waals surface area contributed by atoms with Crippen molar-refractivity contribution in [3.63, 3.8) is 0 Å². The molecular formula is C89H146O17P2. The second-order valence-corrected chi connectivity index (χ2v) is 29.9. The van der Waals surface area contributed by atoms with E-state index in [0.717, 1.165) is 109 Å². The smallest absolute Gasteiger partial charge is 0.462 e. The van der Waals surface area contributed by atoms with E-state index in [9.17, 15) is 43.2 Å². The zero-order chi connectivity index (χ0) is 78.9. The van der Waals surface area contributed by atoms with Crippen LogP contribution in [-0.4, -0.2) is 96.7 Å². The number of hydrogen-bond donors (Lipinski definition) is 3. The Balaban J connectivity index is 5.55. The standard InChI is InChI=1S/C89H146O17P2/c1-5-9-13-17-21-25-29-33-37-40-41-44-48-52-56-60-64-68-72-76-89(94)106-85(80-100-87(92)74-70-66-62-58-54-50-47-43-39-35-31-27-23-19-15-11-7-3)82-104-108(97,98)102-78-83(90)77-101-107(95,96)103-81-84(105-88(93)75-71-67-63-59-55-51-45-36-32-28-24-20-16-12-8-4)79-99-86(91)73-69-65-61-57-53-49-46-42-38-34-30-26-22-18-14-10-6-2/h9,13,21-23,25-27,33-35,37-39,41,44,46-47,49-50,52,56-58,61-62,64,68,83-85,90H,5-8,10-12,14-20,24,28-32,36,40,42-43,45,48,51,53-55,59-60,63,65-67,69-82H2,1-4H3,(H,95,96)(H,97,98)/b13-9-,25-21-,26-22-,27-23-,37-33-,38-34-,39-35-,44-41-,49-46-,50-47-,56-52-,61-57-,62-58-,68-64-/t83-,84+,85+/m0/s1. The molecule has 0 radical (unpaired) electrons. The maximum Gasteiger partial charge on any atom is 0.472 e. The Morgan fingerprint density at radius 1 is 0.269 bits per heavy atom. The first-order chi connectivity index (χ1) is 52.7. The SMILES string of the molecule is CC/C=C\C/C=C\C/C=C\C/C=C\C/C=C\C/C=C\CCC(=O)O[C@H](COC(=O)CCC/C=C\C/C=C\C/C=C\C/C=C\CCCCC)COP(=O)(O)OC[C@@H](O)COP(=O)(O)OC[C@@H](COC(=O)CCC/C=C\C/C=C\C/C=C\C/C=C\CCCCC)OC(=O)CCCCCCCCCCCCCCCCC. The van der Waals surface area contributed by atoms with Crippen LogP contribution in [0.3, 0.4) is 0 Å². The summed E-state index contributed by atoms with van der Waals surface area (Å²) in [6.45, 7) is 4.50. The van der Waals surface area contributed by atoms with Gasteiger partial charge in [-0.05, 0) is 141 Å². The molecule has 5 atom stereocenters. The van der Waals surface area contributed by atoms with E-state index in [0.29, 0.717) is 44.9 Å². The van der Waals surface area contributed by atoms with Gasteiger partial charge in [0.2, 0.25) is 0 Å². The third-order valence-electron chi connectivity index (χ3n) is 16.7. The maximum atomic E-state index is 13.1. The molecule has 19 heteroatoms. The van der Waals surface area contributed by atoms with Crippen LogP contribution >= 0.6 is 15.6 Å². The number of aliphatic hydroxyl groups excluding tert-OH is 1. The largest absolute Gasteiger partial charge is 0.472 e. The molecule has 614 valence electrons. The first-order valence-corrected chi connectivity index (χ1v) is 44.4. The molecule has 0 fully saturated rings. The first-order valence-electron chi connectivity index (χ1n) is 41.4. The van der Waals surface area contributed by atoms with Gasteiger partial charge in [-0.25, -0.2) is 9.13 Å². The van der Waals surface area contributed by atoms with Gasteiger partial charge in [0, 0.05) is 25.7 Å². The van der Waals surface area contributed by atoms with Crippen molar-refractivity contribution in [2.24, 2.45) is 0 Å². The Labute approximate surface area is 654 Å². The molecular weight excluding hydrogens is 1400 g/mol. The second-order valence-electron chi connectivity index (χ2n) is 27.0. The highest BCUT2D eigenvalue weighted by Gasteiger charge is 2.30. The Hall–Kier alpha value is -5.58. The summed E-state index contributed by atoms with van der Waals surface area (Å²) in [4.78, 5) is 73.1. The predicted molar refractivity (Wildman–Crippen MR) is 445 cm³/mol. The van der Waals surface area contributed by atoms with Gasteiger partial charge in [-0.2, -0.15) is 0 Å². The molecule has 0 bridgehead atoms. The van der Waals surface area contributed by atoms with E-state index in [2.05, 4.69) is 155 Å². The summed E-state index contributed by atoms with van der Waals surface area (Å²) in [6, 6.07) is 0. The number of phosphoric ester groups is 2. The van der Waals surface area contributed by atoms with Crippen LogP contribution in [0.2, 0.25) is 0 Å². The van der Waals surface area contributed by atoms with Crippen LogP contribution < -0.4 is 0 Å². The molecule has 0 aliphatic rings. The van der Waals surface area contributed by atoms with Crippen LogP contribution in [0, 0.1) is 0 Å². The van der Waals surface area contributed by atoms with Crippen molar-refractivity contribution < 1.29 is 80.2 Å². The van der Waals surface area contributed by atoms with Crippen molar-refractivity contribution in [3.8, 4) is 0 Å². The highest BCUT2D eigenvalue weighted by molar-refractivity contribution is 7.47. The normalized spacial score (nSPS) is 14.7. The quantitative estimate of drug-likeness (QED) is 0.0169. The molecule has 0 aliphatic carbocycles. The average Bonchev–Trinajstić information content (AvgIpc) is 0.907. The van der Waals surface area contributed by atoms with Crippen molar-refractivity contribution in [3.05, 3.63) is 170 Å². The van der Waals surface area contributed by atoms with Crippen molar-refractivity contribution >= 4 is 39.5 Å². The number of rotatable bonds is 76. The number of esters is 4. The number of phosphoric acid groups is 2. The second kappa shape index (κ2) is 79.5. The Morgan fingerprint density at radius 2 is 0.509 bits per heavy atom. The molecule has 0 saturated carbocycles. The molecule has 0 aliphatic heterocycles. The lowest BCUT2D eigenvalue weighted by Crippen LogP contribution is -2.30. The molecule has 0 amide bonds. The maximum absolute atomic E-state index is 13.1. The van der Waals surface area contributed by atoms with Gasteiger partial charge < -0.3 is 33.8 Å². The summed E-state index contributed by atoms with van der Waals surface area (Å²) in [5.74, 6) is -2.41. The number of carbonyl (C=O) groups excluding carboxylic acids is 4. The fourth-order valence-electron chi connectivity index (χ4n) is 10.4. The first kappa shape index (κ1) is 102. The number of allylic oxidation sites excluding steroid dienone is 28. The molecule has 2 unspecified atom stereocenters. The minimum atomic E-state index is -5.02. The molecule has 0 aromatic heterocycles. The van der Waals surface area contributed by atoms with Gasteiger partial charge in [0.15, 0.2) is 12.2 Å². The van der Waals surface area contributed by atoms with Crippen LogP contribution in [0.1, 0.15) is 310 Å². The topological polar surface area (TPSA) is 237 Å². The number of carbonyl (C=O) groups is 4. The van der Waals surface area contributed by atoms with Crippen LogP contribution in [-0.2, 0) is 65.4 Å². The van der Waals surface area contributed by atoms with E-state index >= 15 is 0 Å². The van der Waals surface area contributed by atoms with Gasteiger partial charge in [0.25, 0.3) is 0 Å². The average molecular weight is 1550 g/mol. The molecule has 0 rings (SSSR count). The third-order valence-corrected chi connectivity index (χ3v) is 18.6. The summed E-state index contributed by atoms with van der Waals surface area (Å²) >= 11 is 0. The molecule has 0 saturated heterocycles. The van der Waals surface area contributed by atoms with Crippen molar-refractivity contribution in [2.75, 3.05) is 39.6 Å². The van der Waals surface area contributed by atoms with Gasteiger partial charge in [-0.1, -0.05) is 313 Å². The molecule has 0 aromatic carbocycles. The zero-order valence-corrected chi connectivity index (χ0v) is 69.0. The Bertz CT molecular complexity index is 2710. The fraction of sp³-hybridized carbons (Fsp3) is 0.640. The van der Waals surface area contributed by atoms with Crippen LogP contribution in [0.25, 0.3) is 0 Å². The molecule has 0 heterocycles. The van der Waals surface area contributed by atoms with E-state index in [1.54, 1.807) is 0 Å². The Kier molecular flexibility index (Phi) is 75.4. The van der Waals surface area contributed by atoms with Crippen LogP contribution in [0.5, 0.6) is 0 Å². The van der Waals surface area contributed by atoms with Gasteiger partial charge >= 0.3 is 39.5 Å². The van der Waals surface area contributed by atoms with Gasteiger partial charge in [0.1, 0.15) is 19.3 Å². The number of unbranched alkanes of at least 4 members (excludes halogenated alkanes) is 22. The van der Waals surface area contributed by atoms with E-state index in [-0.39, 0.29) is 25.7 Å². The van der Waals surface area contributed by atoms with Crippen molar-refractivity contribution in [1.29, 1.82) is 0 Å². The minimum absolute atomic E-state index is 0.0489. The summed E-state index contributed by atoms with van der Waals surface area (Å²) in [5, 5.41) is 10.7. The van der Waals surface area contributed by atoms with Gasteiger partial charge in [0.05, 0.1) is 26.4 Å². The molecule has 17 nitrogen and oxygen atoms in total. The van der Waals surface area contributed by atoms with E-state index in [1.807, 2.05) is 42.5 Å². The van der Waals surface area contributed by atoms with E-state index in [4.69, 9.17) is 37.0 Å². The lowest BCUT2D eigenvalue weighted by atomic mass is 10.0. The third kappa shape index (κ3) is 78.5. The van der Waals surface area contributed by atoms with E-state index < -0.39 is 97.5 Å². The molecule has 3 N–H and O–H groups in total. The van der Waals surface area contributed by atoms with Crippen molar-refractivity contribution in [1.82, 2.24) is 0 Å². The van der Waals surface area contributed by atoms with Crippen molar-refractivity contribution in [2.45, 2.75) is 329 Å². The van der Waals surface area contributed by atoms with Crippen LogP contribution in [0.4, 0.5) is 0 Å². The zero-order valence-electron chi connectivity index (χ0n) is 67.2. The lowest BCUT2D eigenvalue weighted by molar-refractivity contribution is -0.161. The minimum Gasteiger partial charge on any atom is -0.462 e. The summed E-state index contributed by atoms with van der Waals surface area (Å²) < 4.78 is 68.5. The summed E-state index contributed by atoms with van der Waals surface area (Å²) in [5.41, 5.74) is 0. The number of hydrogen-bond acceptors (Lipinski definition) is 15. The predicted octanol–water partition coefficient (Wildman–Crippen LogP) is 24.6.